The Morgan fingerprint density at radius 1 is 1.05 bits per heavy atom. The van der Waals surface area contributed by atoms with Gasteiger partial charge in [-0.3, -0.25) is 0 Å². The van der Waals surface area contributed by atoms with Crippen LogP contribution in [0.5, 0.6) is 11.5 Å². The van der Waals surface area contributed by atoms with Crippen molar-refractivity contribution in [1.29, 1.82) is 0 Å². The standard InChI is InChI=1S/C16H16N4O2/c1-3-14-15(22-9-21-14)5-10(1)12-2-4-16(19-18-12)20-7-11-6-17-13(11)8-20/h1-5,11,13,17H,6-9H2/t11-,13+/m1/s1. The average molecular weight is 296 g/mol. The minimum absolute atomic E-state index is 0.286. The summed E-state index contributed by atoms with van der Waals surface area (Å²) in [5.41, 5.74) is 1.84. The molecule has 5 rings (SSSR count). The number of hydrogen-bond donors (Lipinski definition) is 1. The van der Waals surface area contributed by atoms with Gasteiger partial charge in [-0.15, -0.1) is 10.2 Å². The lowest BCUT2D eigenvalue weighted by Crippen LogP contribution is -2.51. The predicted octanol–water partition coefficient (Wildman–Crippen LogP) is 1.28. The third-order valence-electron chi connectivity index (χ3n) is 4.73. The van der Waals surface area contributed by atoms with E-state index in [9.17, 15) is 0 Å². The van der Waals surface area contributed by atoms with Crippen LogP contribution in [0.3, 0.4) is 0 Å². The molecule has 3 aliphatic rings. The first-order valence-corrected chi connectivity index (χ1v) is 7.59. The van der Waals surface area contributed by atoms with Gasteiger partial charge in [0, 0.05) is 37.2 Å². The topological polar surface area (TPSA) is 59.5 Å². The van der Waals surface area contributed by atoms with E-state index in [1.165, 1.54) is 0 Å². The summed E-state index contributed by atoms with van der Waals surface area (Å²) in [7, 11) is 0. The number of hydrogen-bond acceptors (Lipinski definition) is 6. The van der Waals surface area contributed by atoms with E-state index < -0.39 is 0 Å². The molecule has 0 spiro atoms. The smallest absolute Gasteiger partial charge is 0.231 e. The molecule has 0 aliphatic carbocycles. The second kappa shape index (κ2) is 4.58. The van der Waals surface area contributed by atoms with Crippen LogP contribution in [0.15, 0.2) is 30.3 Å². The molecule has 2 fully saturated rings. The number of nitrogens with zero attached hydrogens (tertiary/aromatic N) is 3. The number of aromatic nitrogens is 2. The highest BCUT2D eigenvalue weighted by Gasteiger charge is 2.39. The van der Waals surface area contributed by atoms with E-state index in [0.717, 1.165) is 54.1 Å². The van der Waals surface area contributed by atoms with Crippen molar-refractivity contribution in [2.24, 2.45) is 5.92 Å². The third-order valence-corrected chi connectivity index (χ3v) is 4.73. The Morgan fingerprint density at radius 3 is 2.73 bits per heavy atom. The Hall–Kier alpha value is -2.34. The number of anilines is 1. The van der Waals surface area contributed by atoms with E-state index >= 15 is 0 Å². The van der Waals surface area contributed by atoms with Crippen LogP contribution in [0.1, 0.15) is 0 Å². The molecule has 2 atom stereocenters. The van der Waals surface area contributed by atoms with Crippen molar-refractivity contribution >= 4 is 5.82 Å². The molecule has 1 aromatic heterocycles. The molecule has 22 heavy (non-hydrogen) atoms. The van der Waals surface area contributed by atoms with Crippen LogP contribution in [0.25, 0.3) is 11.3 Å². The highest BCUT2D eigenvalue weighted by Crippen LogP contribution is 2.35. The van der Waals surface area contributed by atoms with Crippen LogP contribution in [-0.4, -0.2) is 42.7 Å². The second-order valence-corrected chi connectivity index (χ2v) is 6.02. The van der Waals surface area contributed by atoms with Gasteiger partial charge in [0.15, 0.2) is 17.3 Å². The molecule has 2 saturated heterocycles. The first-order chi connectivity index (χ1) is 10.9. The van der Waals surface area contributed by atoms with Crippen molar-refractivity contribution in [2.75, 3.05) is 31.3 Å². The fourth-order valence-electron chi connectivity index (χ4n) is 3.34. The number of nitrogens with one attached hydrogen (secondary N) is 1. The summed E-state index contributed by atoms with van der Waals surface area (Å²) in [4.78, 5) is 2.31. The average Bonchev–Trinajstić information content (AvgIpc) is 3.12. The van der Waals surface area contributed by atoms with Crippen molar-refractivity contribution in [3.8, 4) is 22.8 Å². The van der Waals surface area contributed by atoms with E-state index in [4.69, 9.17) is 9.47 Å². The van der Waals surface area contributed by atoms with Gasteiger partial charge in [0.2, 0.25) is 6.79 Å². The van der Waals surface area contributed by atoms with E-state index in [1.54, 1.807) is 0 Å². The molecule has 0 saturated carbocycles. The quantitative estimate of drug-likeness (QED) is 0.901. The fourth-order valence-corrected chi connectivity index (χ4v) is 3.34. The lowest BCUT2D eigenvalue weighted by molar-refractivity contribution is 0.174. The maximum absolute atomic E-state index is 5.41. The first kappa shape index (κ1) is 12.2. The first-order valence-electron chi connectivity index (χ1n) is 7.59. The second-order valence-electron chi connectivity index (χ2n) is 6.02. The van der Waals surface area contributed by atoms with Crippen LogP contribution in [0.2, 0.25) is 0 Å². The predicted molar refractivity (Wildman–Crippen MR) is 81.1 cm³/mol. The summed E-state index contributed by atoms with van der Waals surface area (Å²) >= 11 is 0. The number of ether oxygens (including phenoxy) is 2. The maximum Gasteiger partial charge on any atom is 0.231 e. The molecule has 4 heterocycles. The summed E-state index contributed by atoms with van der Waals surface area (Å²) in [5.74, 6) is 3.29. The Morgan fingerprint density at radius 2 is 2.00 bits per heavy atom. The largest absolute Gasteiger partial charge is 0.454 e. The molecule has 0 bridgehead atoms. The molecule has 3 aliphatic heterocycles. The maximum atomic E-state index is 5.41. The molecular weight excluding hydrogens is 280 g/mol. The van der Waals surface area contributed by atoms with E-state index in [1.807, 2.05) is 24.3 Å². The minimum atomic E-state index is 0.286. The molecule has 6 heteroatoms. The van der Waals surface area contributed by atoms with Crippen molar-refractivity contribution in [3.05, 3.63) is 30.3 Å². The van der Waals surface area contributed by atoms with Crippen molar-refractivity contribution in [1.82, 2.24) is 15.5 Å². The van der Waals surface area contributed by atoms with Gasteiger partial charge >= 0.3 is 0 Å². The van der Waals surface area contributed by atoms with Gasteiger partial charge in [-0.2, -0.15) is 0 Å². The van der Waals surface area contributed by atoms with Crippen molar-refractivity contribution in [2.45, 2.75) is 6.04 Å². The van der Waals surface area contributed by atoms with Crippen LogP contribution in [-0.2, 0) is 0 Å². The van der Waals surface area contributed by atoms with E-state index in [2.05, 4.69) is 26.5 Å². The molecule has 2 aromatic rings. The van der Waals surface area contributed by atoms with Gasteiger partial charge in [-0.05, 0) is 30.3 Å². The molecule has 0 radical (unpaired) electrons. The zero-order valence-electron chi connectivity index (χ0n) is 12.0. The summed E-state index contributed by atoms with van der Waals surface area (Å²) in [5, 5.41) is 12.2. The monoisotopic (exact) mass is 296 g/mol. The van der Waals surface area contributed by atoms with Gasteiger partial charge < -0.3 is 19.7 Å². The molecule has 6 nitrogen and oxygen atoms in total. The van der Waals surface area contributed by atoms with Gasteiger partial charge in [-0.25, -0.2) is 0 Å². The molecular formula is C16H16N4O2. The minimum Gasteiger partial charge on any atom is -0.454 e. The normalized spacial score (nSPS) is 25.0. The lowest BCUT2D eigenvalue weighted by atomic mass is 9.96. The molecule has 0 amide bonds. The van der Waals surface area contributed by atoms with Crippen molar-refractivity contribution in [3.63, 3.8) is 0 Å². The molecule has 0 unspecified atom stereocenters. The number of benzene rings is 1. The zero-order chi connectivity index (χ0) is 14.5. The summed E-state index contributed by atoms with van der Waals surface area (Å²) in [6.45, 7) is 3.52. The molecule has 1 aromatic carbocycles. The van der Waals surface area contributed by atoms with Crippen LogP contribution in [0.4, 0.5) is 5.82 Å². The molecule has 1 N–H and O–H groups in total. The third kappa shape index (κ3) is 1.84. The summed E-state index contributed by atoms with van der Waals surface area (Å²) in [6, 6.07) is 10.6. The van der Waals surface area contributed by atoms with Crippen LogP contribution in [0, 0.1) is 5.92 Å². The van der Waals surface area contributed by atoms with Gasteiger partial charge in [0.05, 0.1) is 5.69 Å². The summed E-state index contributed by atoms with van der Waals surface area (Å²) < 4.78 is 10.7. The van der Waals surface area contributed by atoms with E-state index in [-0.39, 0.29) is 6.79 Å². The van der Waals surface area contributed by atoms with Crippen LogP contribution < -0.4 is 19.7 Å². The highest BCUT2D eigenvalue weighted by atomic mass is 16.7. The SMILES string of the molecule is c1cc2c(cc1-c1ccc(N3C[C@H]4CN[C@H]4C3)nn1)OCO2. The Balaban J connectivity index is 1.40. The fraction of sp³-hybridized carbons (Fsp3) is 0.375. The zero-order valence-corrected chi connectivity index (χ0v) is 12.0. The van der Waals surface area contributed by atoms with Gasteiger partial charge in [-0.1, -0.05) is 0 Å². The Bertz CT molecular complexity index is 707. The Kier molecular flexibility index (Phi) is 2.54. The van der Waals surface area contributed by atoms with Crippen LogP contribution >= 0.6 is 0 Å². The van der Waals surface area contributed by atoms with Crippen molar-refractivity contribution < 1.29 is 9.47 Å². The van der Waals surface area contributed by atoms with Gasteiger partial charge in [0.25, 0.3) is 0 Å². The number of fused-ring (bicyclic) bond motifs is 2. The van der Waals surface area contributed by atoms with E-state index in [0.29, 0.717) is 6.04 Å². The molecule has 112 valence electrons. The number of rotatable bonds is 2. The van der Waals surface area contributed by atoms with Gasteiger partial charge in [0.1, 0.15) is 0 Å². The highest BCUT2D eigenvalue weighted by molar-refractivity contribution is 5.64. The Labute approximate surface area is 128 Å². The summed E-state index contributed by atoms with van der Waals surface area (Å²) in [6.07, 6.45) is 0. The lowest BCUT2D eigenvalue weighted by Gasteiger charge is -2.29.